The van der Waals surface area contributed by atoms with Crippen LogP contribution in [0.2, 0.25) is 0 Å². The molecular formula is C14H13F3NO5-. The van der Waals surface area contributed by atoms with Gasteiger partial charge in [-0.3, -0.25) is 9.59 Å². The van der Waals surface area contributed by atoms with Gasteiger partial charge in [0.15, 0.2) is 6.61 Å². The van der Waals surface area contributed by atoms with Crippen LogP contribution in [0.1, 0.15) is 29.6 Å². The molecule has 23 heavy (non-hydrogen) atoms. The molecule has 9 heteroatoms. The quantitative estimate of drug-likeness (QED) is 0.759. The van der Waals surface area contributed by atoms with Crippen molar-refractivity contribution in [3.63, 3.8) is 0 Å². The number of benzene rings is 1. The summed E-state index contributed by atoms with van der Waals surface area (Å²) < 4.78 is 39.4. The number of nitrogens with one attached hydrogen (secondary N) is 1. The summed E-state index contributed by atoms with van der Waals surface area (Å²) >= 11 is 0. The number of carboxylic acid groups (broad SMARTS) is 1. The number of hydrogen-bond acceptors (Lipinski definition) is 5. The van der Waals surface area contributed by atoms with Gasteiger partial charge in [-0.25, -0.2) is 0 Å². The second kappa shape index (κ2) is 8.16. The van der Waals surface area contributed by atoms with Crippen molar-refractivity contribution in [3.05, 3.63) is 29.8 Å². The van der Waals surface area contributed by atoms with Crippen LogP contribution in [0, 0.1) is 0 Å². The Bertz CT molecular complexity index is 586. The Morgan fingerprint density at radius 1 is 1.13 bits per heavy atom. The molecule has 0 saturated heterocycles. The molecule has 0 fully saturated rings. The summed E-state index contributed by atoms with van der Waals surface area (Å²) in [5.41, 5.74) is -0.164. The molecule has 1 aromatic rings. The molecule has 0 spiro atoms. The average molecular weight is 332 g/mol. The van der Waals surface area contributed by atoms with Crippen LogP contribution in [0.15, 0.2) is 24.3 Å². The van der Waals surface area contributed by atoms with Crippen LogP contribution in [0.3, 0.4) is 0 Å². The van der Waals surface area contributed by atoms with Gasteiger partial charge in [-0.05, 0) is 12.5 Å². The molecule has 0 unspecified atom stereocenters. The number of amides is 1. The van der Waals surface area contributed by atoms with E-state index in [0.717, 1.165) is 0 Å². The highest BCUT2D eigenvalue weighted by Gasteiger charge is 2.29. The number of aromatic carboxylic acids is 1. The van der Waals surface area contributed by atoms with E-state index in [9.17, 15) is 32.7 Å². The Morgan fingerprint density at radius 2 is 1.78 bits per heavy atom. The van der Waals surface area contributed by atoms with Gasteiger partial charge in [-0.2, -0.15) is 13.2 Å². The molecule has 1 aromatic carbocycles. The molecule has 1 amide bonds. The highest BCUT2D eigenvalue weighted by molar-refractivity contribution is 5.99. The van der Waals surface area contributed by atoms with Crippen molar-refractivity contribution in [2.45, 2.75) is 25.4 Å². The van der Waals surface area contributed by atoms with E-state index in [1.807, 2.05) is 0 Å². The van der Waals surface area contributed by atoms with Crippen LogP contribution < -0.4 is 10.4 Å². The Balaban J connectivity index is 2.38. The van der Waals surface area contributed by atoms with Crippen LogP contribution in [0.5, 0.6) is 0 Å². The summed E-state index contributed by atoms with van der Waals surface area (Å²) in [7, 11) is 0. The summed E-state index contributed by atoms with van der Waals surface area (Å²) in [4.78, 5) is 33.5. The molecular weight excluding hydrogens is 319 g/mol. The molecule has 0 aliphatic rings. The smallest absolute Gasteiger partial charge is 0.422 e. The first-order valence-corrected chi connectivity index (χ1v) is 6.51. The third-order valence-corrected chi connectivity index (χ3v) is 2.60. The van der Waals surface area contributed by atoms with Gasteiger partial charge in [0.2, 0.25) is 5.91 Å². The number of carboxylic acids is 1. The minimum Gasteiger partial charge on any atom is -0.545 e. The first-order chi connectivity index (χ1) is 10.7. The van der Waals surface area contributed by atoms with Gasteiger partial charge >= 0.3 is 12.1 Å². The fraction of sp³-hybridized carbons (Fsp3) is 0.357. The van der Waals surface area contributed by atoms with Gasteiger partial charge in [0.05, 0.1) is 5.97 Å². The average Bonchev–Trinajstić information content (AvgIpc) is 2.44. The third-order valence-electron chi connectivity index (χ3n) is 2.60. The summed E-state index contributed by atoms with van der Waals surface area (Å²) in [5, 5.41) is 13.2. The number of rotatable bonds is 7. The van der Waals surface area contributed by atoms with Crippen LogP contribution in [-0.4, -0.2) is 30.6 Å². The van der Waals surface area contributed by atoms with Crippen LogP contribution >= 0.6 is 0 Å². The minimum atomic E-state index is -4.60. The van der Waals surface area contributed by atoms with E-state index < -0.39 is 30.6 Å². The zero-order chi connectivity index (χ0) is 17.5. The number of carbonyl (C=O) groups is 3. The molecule has 0 bridgehead atoms. The van der Waals surface area contributed by atoms with Crippen molar-refractivity contribution in [2.24, 2.45) is 0 Å². The van der Waals surface area contributed by atoms with Gasteiger partial charge in [0.25, 0.3) is 0 Å². The Hall–Kier alpha value is -2.58. The molecule has 0 heterocycles. The van der Waals surface area contributed by atoms with Crippen molar-refractivity contribution in [1.82, 2.24) is 0 Å². The fourth-order valence-electron chi connectivity index (χ4n) is 1.61. The lowest BCUT2D eigenvalue weighted by atomic mass is 10.1. The molecule has 0 aromatic heterocycles. The van der Waals surface area contributed by atoms with E-state index in [-0.39, 0.29) is 30.5 Å². The SMILES string of the molecule is O=C(CCCC(=O)OCC(F)(F)F)Nc1ccccc1C(=O)[O-]. The zero-order valence-corrected chi connectivity index (χ0v) is 11.8. The Morgan fingerprint density at radius 3 is 2.39 bits per heavy atom. The summed E-state index contributed by atoms with van der Waals surface area (Å²) in [6.07, 6.45) is -5.16. The first-order valence-electron chi connectivity index (χ1n) is 6.51. The van der Waals surface area contributed by atoms with E-state index >= 15 is 0 Å². The van der Waals surface area contributed by atoms with Gasteiger partial charge in [-0.15, -0.1) is 0 Å². The monoisotopic (exact) mass is 332 g/mol. The van der Waals surface area contributed by atoms with E-state index in [2.05, 4.69) is 10.1 Å². The highest BCUT2D eigenvalue weighted by atomic mass is 19.4. The number of esters is 1. The summed E-state index contributed by atoms with van der Waals surface area (Å²) in [6, 6.07) is 5.58. The van der Waals surface area contributed by atoms with Crippen molar-refractivity contribution in [2.75, 3.05) is 11.9 Å². The van der Waals surface area contributed by atoms with Crippen LogP contribution in [0.4, 0.5) is 18.9 Å². The largest absolute Gasteiger partial charge is 0.545 e. The number of carbonyl (C=O) groups excluding carboxylic acids is 3. The van der Waals surface area contributed by atoms with Gasteiger partial charge in [0.1, 0.15) is 0 Å². The maximum atomic E-state index is 11.8. The maximum absolute atomic E-state index is 11.8. The number of para-hydroxylation sites is 1. The molecule has 1 rings (SSSR count). The van der Waals surface area contributed by atoms with Crippen molar-refractivity contribution in [1.29, 1.82) is 0 Å². The van der Waals surface area contributed by atoms with E-state index in [4.69, 9.17) is 0 Å². The second-order valence-electron chi connectivity index (χ2n) is 4.51. The topological polar surface area (TPSA) is 95.5 Å². The van der Waals surface area contributed by atoms with Gasteiger partial charge in [0, 0.05) is 24.1 Å². The Kier molecular flexibility index (Phi) is 6.55. The molecule has 6 nitrogen and oxygen atoms in total. The zero-order valence-electron chi connectivity index (χ0n) is 11.8. The molecule has 1 N–H and O–H groups in total. The lowest BCUT2D eigenvalue weighted by Crippen LogP contribution is -2.24. The standard InChI is InChI=1S/C14H14F3NO5/c15-14(16,17)8-23-12(20)7-3-6-11(19)18-10-5-2-1-4-9(10)13(21)22/h1-2,4-5H,3,6-8H2,(H,18,19)(H,21,22)/p-1. The molecule has 0 atom stereocenters. The van der Waals surface area contributed by atoms with E-state index in [1.54, 1.807) is 0 Å². The highest BCUT2D eigenvalue weighted by Crippen LogP contribution is 2.16. The number of hydrogen-bond donors (Lipinski definition) is 1. The number of ether oxygens (including phenoxy) is 1. The number of alkyl halides is 3. The number of anilines is 1. The molecule has 0 radical (unpaired) electrons. The third kappa shape index (κ3) is 7.30. The molecule has 0 saturated carbocycles. The summed E-state index contributed by atoms with van der Waals surface area (Å²) in [5.74, 6) is -3.11. The predicted molar refractivity (Wildman–Crippen MR) is 70.3 cm³/mol. The van der Waals surface area contributed by atoms with Gasteiger partial charge in [-0.1, -0.05) is 18.2 Å². The predicted octanol–water partition coefficient (Wildman–Crippen LogP) is 1.26. The van der Waals surface area contributed by atoms with Crippen molar-refractivity contribution in [3.8, 4) is 0 Å². The normalized spacial score (nSPS) is 10.9. The second-order valence-corrected chi connectivity index (χ2v) is 4.51. The lowest BCUT2D eigenvalue weighted by Gasteiger charge is -2.11. The molecule has 126 valence electrons. The minimum absolute atomic E-state index is 0.0317. The van der Waals surface area contributed by atoms with E-state index in [1.165, 1.54) is 24.3 Å². The van der Waals surface area contributed by atoms with E-state index in [0.29, 0.717) is 0 Å². The van der Waals surface area contributed by atoms with Crippen molar-refractivity contribution >= 4 is 23.5 Å². The first kappa shape index (κ1) is 18.5. The number of halogens is 3. The van der Waals surface area contributed by atoms with Crippen LogP contribution in [0.25, 0.3) is 0 Å². The molecule has 0 aliphatic heterocycles. The Labute approximate surface area is 129 Å². The fourth-order valence-corrected chi connectivity index (χ4v) is 1.61. The molecule has 0 aliphatic carbocycles. The lowest BCUT2D eigenvalue weighted by molar-refractivity contribution is -0.254. The van der Waals surface area contributed by atoms with Crippen LogP contribution in [-0.2, 0) is 14.3 Å². The maximum Gasteiger partial charge on any atom is 0.422 e. The van der Waals surface area contributed by atoms with Gasteiger partial charge < -0.3 is 20.0 Å². The summed E-state index contributed by atoms with van der Waals surface area (Å²) in [6.45, 7) is -1.67. The van der Waals surface area contributed by atoms with Crippen molar-refractivity contribution < 1.29 is 37.4 Å².